The van der Waals surface area contributed by atoms with E-state index in [1.54, 1.807) is 12.1 Å². The summed E-state index contributed by atoms with van der Waals surface area (Å²) in [7, 11) is 0. The summed E-state index contributed by atoms with van der Waals surface area (Å²) in [5.41, 5.74) is 1.27. The topological polar surface area (TPSA) is 107 Å². The number of para-hydroxylation sites is 2. The highest BCUT2D eigenvalue weighted by Crippen LogP contribution is 2.16. The van der Waals surface area contributed by atoms with E-state index >= 15 is 0 Å². The minimum Gasteiger partial charge on any atom is -0.353 e. The molecule has 0 aliphatic carbocycles. The third-order valence-electron chi connectivity index (χ3n) is 6.09. The van der Waals surface area contributed by atoms with Gasteiger partial charge < -0.3 is 15.2 Å². The van der Waals surface area contributed by atoms with Crippen molar-refractivity contribution in [2.24, 2.45) is 0 Å². The summed E-state index contributed by atoms with van der Waals surface area (Å²) in [6.07, 6.45) is 3.67. The summed E-state index contributed by atoms with van der Waals surface area (Å²) in [5.74, 6) is 1.29. The van der Waals surface area contributed by atoms with Crippen LogP contribution in [0.5, 0.6) is 0 Å². The van der Waals surface area contributed by atoms with Gasteiger partial charge in [-0.2, -0.15) is 0 Å². The average molecular weight is 431 g/mol. The monoisotopic (exact) mass is 430 g/mol. The van der Waals surface area contributed by atoms with E-state index in [1.807, 2.05) is 36.4 Å². The lowest BCUT2D eigenvalue weighted by Gasteiger charge is -2.32. The predicted octanol–water partition coefficient (Wildman–Crippen LogP) is 2.67. The predicted molar refractivity (Wildman–Crippen MR) is 126 cm³/mol. The molecule has 0 amide bonds. The van der Waals surface area contributed by atoms with Gasteiger partial charge >= 0.3 is 0 Å². The molecule has 0 saturated carbocycles. The maximum atomic E-state index is 12.3. The number of likely N-dealkylation sites (tertiary alicyclic amines) is 1. The number of anilines is 1. The average Bonchev–Trinajstić information content (AvgIpc) is 2.80. The molecular weight excluding hydrogens is 404 g/mol. The molecule has 1 aliphatic rings. The van der Waals surface area contributed by atoms with E-state index in [0.717, 1.165) is 56.7 Å². The van der Waals surface area contributed by atoms with Crippen LogP contribution < -0.4 is 16.4 Å². The van der Waals surface area contributed by atoms with Gasteiger partial charge in [-0.05, 0) is 50.1 Å². The molecule has 2 aromatic carbocycles. The molecule has 32 heavy (non-hydrogen) atoms. The number of nitrogens with one attached hydrogen (secondary N) is 3. The first-order chi connectivity index (χ1) is 15.7. The first kappa shape index (κ1) is 20.4. The first-order valence-electron chi connectivity index (χ1n) is 11.1. The number of aromatic nitrogens is 4. The van der Waals surface area contributed by atoms with Gasteiger partial charge in [0.15, 0.2) is 0 Å². The molecule has 2 aromatic heterocycles. The fourth-order valence-electron chi connectivity index (χ4n) is 4.37. The third-order valence-corrected chi connectivity index (χ3v) is 6.09. The summed E-state index contributed by atoms with van der Waals surface area (Å²) in [6.45, 7) is 2.93. The molecule has 0 radical (unpaired) electrons. The van der Waals surface area contributed by atoms with Crippen molar-refractivity contribution in [3.05, 3.63) is 75.1 Å². The van der Waals surface area contributed by atoms with Gasteiger partial charge in [-0.1, -0.05) is 24.3 Å². The largest absolute Gasteiger partial charge is 0.353 e. The molecule has 1 fully saturated rings. The van der Waals surface area contributed by atoms with E-state index in [9.17, 15) is 9.59 Å². The lowest BCUT2D eigenvalue weighted by Crippen LogP contribution is -2.40. The number of benzene rings is 2. The second-order valence-corrected chi connectivity index (χ2v) is 8.33. The minimum absolute atomic E-state index is 0.0715. The van der Waals surface area contributed by atoms with Crippen LogP contribution in [0.15, 0.2) is 58.1 Å². The number of nitrogens with zero attached hydrogens (tertiary/aromatic N) is 3. The lowest BCUT2D eigenvalue weighted by atomic mass is 10.0. The number of fused-ring (bicyclic) bond motifs is 2. The van der Waals surface area contributed by atoms with Crippen LogP contribution in [0.25, 0.3) is 21.8 Å². The van der Waals surface area contributed by atoms with Crippen molar-refractivity contribution in [2.75, 3.05) is 25.0 Å². The van der Waals surface area contributed by atoms with Crippen molar-refractivity contribution < 1.29 is 0 Å². The fraction of sp³-hybridized carbons (Fsp3) is 0.333. The van der Waals surface area contributed by atoms with Gasteiger partial charge in [0.25, 0.3) is 11.1 Å². The van der Waals surface area contributed by atoms with Crippen molar-refractivity contribution in [3.8, 4) is 0 Å². The second-order valence-electron chi connectivity index (χ2n) is 8.33. The second kappa shape index (κ2) is 8.92. The zero-order valence-electron chi connectivity index (χ0n) is 17.8. The molecule has 0 bridgehead atoms. The fourth-order valence-corrected chi connectivity index (χ4v) is 4.37. The van der Waals surface area contributed by atoms with Gasteiger partial charge in [-0.15, -0.1) is 0 Å². The Labute approximate surface area is 184 Å². The Morgan fingerprint density at radius 1 is 0.875 bits per heavy atom. The van der Waals surface area contributed by atoms with Crippen molar-refractivity contribution in [1.29, 1.82) is 0 Å². The van der Waals surface area contributed by atoms with Crippen LogP contribution >= 0.6 is 0 Å². The molecule has 1 saturated heterocycles. The van der Waals surface area contributed by atoms with Crippen molar-refractivity contribution in [3.63, 3.8) is 0 Å². The molecule has 1 aliphatic heterocycles. The van der Waals surface area contributed by atoms with E-state index in [1.165, 1.54) is 0 Å². The van der Waals surface area contributed by atoms with Gasteiger partial charge in [0.05, 0.1) is 21.8 Å². The maximum absolute atomic E-state index is 12.3. The summed E-state index contributed by atoms with van der Waals surface area (Å²) in [5, 5.41) is 4.64. The highest BCUT2D eigenvalue weighted by Gasteiger charge is 2.19. The molecule has 0 atom stereocenters. The van der Waals surface area contributed by atoms with Crippen LogP contribution in [-0.2, 0) is 6.42 Å². The SMILES string of the molecule is O=c1[nH]c(CCCN2CCC(Nc3nc4ccccc4c(=O)[nH]3)CC2)nc2ccccc12. The van der Waals surface area contributed by atoms with Crippen LogP contribution in [-0.4, -0.2) is 50.5 Å². The number of hydrogen-bond acceptors (Lipinski definition) is 6. The molecule has 3 heterocycles. The molecule has 0 spiro atoms. The zero-order chi connectivity index (χ0) is 21.9. The Bertz CT molecular complexity index is 1350. The molecule has 4 aromatic rings. The number of aryl methyl sites for hydroxylation is 1. The molecule has 3 N–H and O–H groups in total. The van der Waals surface area contributed by atoms with Crippen molar-refractivity contribution in [2.45, 2.75) is 31.7 Å². The smallest absolute Gasteiger partial charge is 0.260 e. The van der Waals surface area contributed by atoms with Crippen molar-refractivity contribution in [1.82, 2.24) is 24.8 Å². The number of rotatable bonds is 6. The summed E-state index contributed by atoms with van der Waals surface area (Å²) in [4.78, 5) is 41.8. The quantitative estimate of drug-likeness (QED) is 0.434. The van der Waals surface area contributed by atoms with Gasteiger partial charge in [-0.25, -0.2) is 9.97 Å². The zero-order valence-corrected chi connectivity index (χ0v) is 17.8. The molecule has 8 nitrogen and oxygen atoms in total. The molecule has 8 heteroatoms. The van der Waals surface area contributed by atoms with Crippen LogP contribution in [0, 0.1) is 0 Å². The van der Waals surface area contributed by atoms with Crippen molar-refractivity contribution >= 4 is 27.8 Å². The molecular formula is C24H26N6O2. The Hall–Kier alpha value is -3.52. The number of H-pyrrole nitrogens is 2. The van der Waals surface area contributed by atoms with Crippen LogP contribution in [0.1, 0.15) is 25.1 Å². The van der Waals surface area contributed by atoms with Gasteiger partial charge in [0, 0.05) is 25.6 Å². The van der Waals surface area contributed by atoms with E-state index in [4.69, 9.17) is 0 Å². The summed E-state index contributed by atoms with van der Waals surface area (Å²) >= 11 is 0. The standard InChI is InChI=1S/C24H26N6O2/c31-22-17-6-1-3-8-19(17)26-21(28-22)10-5-13-30-14-11-16(12-15-30)25-24-27-20-9-4-2-7-18(20)23(32)29-24/h1-4,6-9,16H,5,10-15H2,(H,26,28,31)(H2,25,27,29,32). The van der Waals surface area contributed by atoms with Gasteiger partial charge in [0.2, 0.25) is 5.95 Å². The Morgan fingerprint density at radius 2 is 1.50 bits per heavy atom. The number of aromatic amines is 2. The highest BCUT2D eigenvalue weighted by molar-refractivity contribution is 5.78. The maximum Gasteiger partial charge on any atom is 0.260 e. The Morgan fingerprint density at radius 3 is 2.22 bits per heavy atom. The summed E-state index contributed by atoms with van der Waals surface area (Å²) < 4.78 is 0. The van der Waals surface area contributed by atoms with Crippen LogP contribution in [0.3, 0.4) is 0 Å². The van der Waals surface area contributed by atoms with Crippen LogP contribution in [0.4, 0.5) is 5.95 Å². The number of hydrogen-bond donors (Lipinski definition) is 3. The number of piperidine rings is 1. The van der Waals surface area contributed by atoms with Gasteiger partial charge in [0.1, 0.15) is 5.82 Å². The lowest BCUT2D eigenvalue weighted by molar-refractivity contribution is 0.216. The van der Waals surface area contributed by atoms with E-state index in [-0.39, 0.29) is 17.2 Å². The van der Waals surface area contributed by atoms with E-state index in [2.05, 4.69) is 30.2 Å². The molecule has 0 unspecified atom stereocenters. The van der Waals surface area contributed by atoms with Crippen LogP contribution in [0.2, 0.25) is 0 Å². The minimum atomic E-state index is -0.115. The Kier molecular flexibility index (Phi) is 5.68. The normalized spacial score (nSPS) is 15.4. The van der Waals surface area contributed by atoms with E-state index in [0.29, 0.717) is 22.2 Å². The summed E-state index contributed by atoms with van der Waals surface area (Å²) in [6, 6.07) is 15.1. The molecule has 5 rings (SSSR count). The van der Waals surface area contributed by atoms with E-state index < -0.39 is 0 Å². The Balaban J connectivity index is 1.12. The van der Waals surface area contributed by atoms with Gasteiger partial charge in [-0.3, -0.25) is 14.6 Å². The molecule has 164 valence electrons. The third kappa shape index (κ3) is 4.40. The highest BCUT2D eigenvalue weighted by atomic mass is 16.1. The first-order valence-corrected chi connectivity index (χ1v) is 11.1.